The molecule has 1 amide bonds. The van der Waals surface area contributed by atoms with E-state index in [1.54, 1.807) is 25.3 Å². The number of benzene rings is 1. The monoisotopic (exact) mass is 307 g/mol. The molecule has 1 fully saturated rings. The molecule has 2 atom stereocenters. The number of amides is 1. The van der Waals surface area contributed by atoms with Crippen LogP contribution in [0.15, 0.2) is 24.3 Å². The van der Waals surface area contributed by atoms with Crippen LogP contribution in [0.3, 0.4) is 0 Å². The maximum absolute atomic E-state index is 12.1. The Balaban J connectivity index is 1.87. The molecule has 0 saturated heterocycles. The normalized spacial score (nSPS) is 20.0. The average Bonchev–Trinajstić information content (AvgIpc) is 2.42. The molecule has 0 radical (unpaired) electrons. The molecule has 2 N–H and O–H groups in total. The molecule has 1 aliphatic rings. The number of methoxy groups -OCH3 is 1. The first-order valence-electron chi connectivity index (χ1n) is 7.37. The number of hydrogen-bond acceptors (Lipinski definition) is 4. The van der Waals surface area contributed by atoms with Crippen LogP contribution in [0.25, 0.3) is 0 Å². The van der Waals surface area contributed by atoms with Crippen molar-refractivity contribution in [1.29, 1.82) is 0 Å². The summed E-state index contributed by atoms with van der Waals surface area (Å²) < 4.78 is 10.5. The molecule has 1 aromatic rings. The van der Waals surface area contributed by atoms with Gasteiger partial charge in [0.15, 0.2) is 0 Å². The number of ether oxygens (including phenoxy) is 2. The molecule has 120 valence electrons. The summed E-state index contributed by atoms with van der Waals surface area (Å²) in [6, 6.07) is 7.09. The van der Waals surface area contributed by atoms with Crippen molar-refractivity contribution < 1.29 is 24.2 Å². The molecule has 0 aromatic heterocycles. The van der Waals surface area contributed by atoms with Crippen molar-refractivity contribution in [1.82, 2.24) is 0 Å². The van der Waals surface area contributed by atoms with Crippen molar-refractivity contribution in [3.63, 3.8) is 0 Å². The fourth-order valence-electron chi connectivity index (χ4n) is 2.40. The van der Waals surface area contributed by atoms with Crippen LogP contribution in [0.4, 0.5) is 5.69 Å². The molecule has 0 heterocycles. The second kappa shape index (κ2) is 7.79. The van der Waals surface area contributed by atoms with Crippen LogP contribution >= 0.6 is 0 Å². The van der Waals surface area contributed by atoms with Crippen LogP contribution in [0.1, 0.15) is 19.3 Å². The van der Waals surface area contributed by atoms with E-state index >= 15 is 0 Å². The Bertz CT molecular complexity index is 531. The van der Waals surface area contributed by atoms with Gasteiger partial charge in [-0.2, -0.15) is 0 Å². The molecule has 2 unspecified atom stereocenters. The minimum Gasteiger partial charge on any atom is -0.493 e. The van der Waals surface area contributed by atoms with E-state index in [2.05, 4.69) is 5.32 Å². The maximum atomic E-state index is 12.1. The Morgan fingerprint density at radius 3 is 2.68 bits per heavy atom. The highest BCUT2D eigenvalue weighted by Gasteiger charge is 2.41. The molecule has 1 saturated carbocycles. The number of hydrogen-bond donors (Lipinski definition) is 2. The second-order valence-corrected chi connectivity index (χ2v) is 5.34. The lowest BCUT2D eigenvalue weighted by atomic mass is 9.73. The number of nitrogens with one attached hydrogen (secondary N) is 1. The molecule has 0 spiro atoms. The minimum atomic E-state index is -0.901. The fraction of sp³-hybridized carbons (Fsp3) is 0.500. The zero-order valence-corrected chi connectivity index (χ0v) is 12.6. The first-order chi connectivity index (χ1) is 10.6. The van der Waals surface area contributed by atoms with Gasteiger partial charge >= 0.3 is 5.97 Å². The van der Waals surface area contributed by atoms with E-state index < -0.39 is 17.8 Å². The molecule has 0 aliphatic heterocycles. The number of carboxylic acid groups (broad SMARTS) is 1. The van der Waals surface area contributed by atoms with Crippen LogP contribution in [-0.2, 0) is 14.3 Å². The number of anilines is 1. The Kier molecular flexibility index (Phi) is 5.77. The van der Waals surface area contributed by atoms with Crippen LogP contribution in [-0.4, -0.2) is 37.3 Å². The summed E-state index contributed by atoms with van der Waals surface area (Å²) in [6.07, 6.45) is 1.97. The summed E-state index contributed by atoms with van der Waals surface area (Å²) in [5, 5.41) is 11.8. The van der Waals surface area contributed by atoms with Gasteiger partial charge in [-0.15, -0.1) is 0 Å². The molecular formula is C16H21NO5. The standard InChI is InChI=1S/C16H21NO5/c1-21-8-3-9-22-12-5-2-4-11(10-12)17-15(18)13-6-7-14(13)16(19)20/h2,4-5,10,13-14H,3,6-9H2,1H3,(H,17,18)(H,19,20). The third-order valence-corrected chi connectivity index (χ3v) is 3.79. The fourth-order valence-corrected chi connectivity index (χ4v) is 2.40. The lowest BCUT2D eigenvalue weighted by Gasteiger charge is -2.31. The SMILES string of the molecule is COCCCOc1cccc(NC(=O)C2CCC2C(=O)O)c1. The van der Waals surface area contributed by atoms with Gasteiger partial charge in [0.25, 0.3) is 0 Å². The van der Waals surface area contributed by atoms with Crippen LogP contribution in [0, 0.1) is 11.8 Å². The van der Waals surface area contributed by atoms with Crippen molar-refractivity contribution in [2.24, 2.45) is 11.8 Å². The summed E-state index contributed by atoms with van der Waals surface area (Å²) in [5.74, 6) is -1.48. The molecule has 1 aliphatic carbocycles. The molecule has 22 heavy (non-hydrogen) atoms. The molecule has 1 aromatic carbocycles. The molecule has 6 nitrogen and oxygen atoms in total. The van der Waals surface area contributed by atoms with Gasteiger partial charge in [0, 0.05) is 31.9 Å². The zero-order chi connectivity index (χ0) is 15.9. The number of carbonyl (C=O) groups is 2. The van der Waals surface area contributed by atoms with Crippen molar-refractivity contribution in [3.8, 4) is 5.75 Å². The van der Waals surface area contributed by atoms with E-state index in [-0.39, 0.29) is 5.91 Å². The predicted octanol–water partition coefficient (Wildman–Crippen LogP) is 2.15. The summed E-state index contributed by atoms with van der Waals surface area (Å²) in [5.41, 5.74) is 0.616. The lowest BCUT2D eigenvalue weighted by molar-refractivity contribution is -0.151. The van der Waals surface area contributed by atoms with E-state index in [9.17, 15) is 9.59 Å². The third kappa shape index (κ3) is 4.21. The summed E-state index contributed by atoms with van der Waals surface area (Å²) in [7, 11) is 1.64. The first-order valence-corrected chi connectivity index (χ1v) is 7.37. The highest BCUT2D eigenvalue weighted by molar-refractivity contribution is 5.96. The largest absolute Gasteiger partial charge is 0.493 e. The summed E-state index contributed by atoms with van der Waals surface area (Å²) in [4.78, 5) is 23.1. The Hall–Kier alpha value is -2.08. The van der Waals surface area contributed by atoms with Gasteiger partial charge in [0.1, 0.15) is 5.75 Å². The molecule has 2 rings (SSSR count). The minimum absolute atomic E-state index is 0.241. The van der Waals surface area contributed by atoms with Gasteiger partial charge in [0.2, 0.25) is 5.91 Å². The quantitative estimate of drug-likeness (QED) is 0.719. The average molecular weight is 307 g/mol. The second-order valence-electron chi connectivity index (χ2n) is 5.34. The van der Waals surface area contributed by atoms with Gasteiger partial charge < -0.3 is 19.9 Å². The Morgan fingerprint density at radius 1 is 1.27 bits per heavy atom. The van der Waals surface area contributed by atoms with E-state index in [1.807, 2.05) is 6.07 Å². The Labute approximate surface area is 129 Å². The van der Waals surface area contributed by atoms with Gasteiger partial charge in [-0.3, -0.25) is 9.59 Å². The molecule has 0 bridgehead atoms. The third-order valence-electron chi connectivity index (χ3n) is 3.79. The van der Waals surface area contributed by atoms with Crippen molar-refractivity contribution in [2.75, 3.05) is 25.6 Å². The summed E-state index contributed by atoms with van der Waals surface area (Å²) >= 11 is 0. The van der Waals surface area contributed by atoms with Crippen molar-refractivity contribution in [3.05, 3.63) is 24.3 Å². The number of rotatable bonds is 8. The topological polar surface area (TPSA) is 84.9 Å². The Morgan fingerprint density at radius 2 is 2.05 bits per heavy atom. The smallest absolute Gasteiger partial charge is 0.307 e. The van der Waals surface area contributed by atoms with E-state index in [1.165, 1.54) is 0 Å². The van der Waals surface area contributed by atoms with Gasteiger partial charge in [-0.1, -0.05) is 6.07 Å². The maximum Gasteiger partial charge on any atom is 0.307 e. The lowest BCUT2D eigenvalue weighted by Crippen LogP contribution is -2.41. The van der Waals surface area contributed by atoms with Crippen LogP contribution in [0.2, 0.25) is 0 Å². The van der Waals surface area contributed by atoms with E-state index in [0.717, 1.165) is 6.42 Å². The van der Waals surface area contributed by atoms with E-state index in [4.69, 9.17) is 14.6 Å². The molecule has 6 heteroatoms. The van der Waals surface area contributed by atoms with Crippen LogP contribution in [0.5, 0.6) is 5.75 Å². The first kappa shape index (κ1) is 16.3. The molecular weight excluding hydrogens is 286 g/mol. The van der Waals surface area contributed by atoms with Crippen LogP contribution < -0.4 is 10.1 Å². The predicted molar refractivity (Wildman–Crippen MR) is 80.9 cm³/mol. The number of aliphatic carboxylic acids is 1. The number of carbonyl (C=O) groups excluding carboxylic acids is 1. The highest BCUT2D eigenvalue weighted by atomic mass is 16.5. The van der Waals surface area contributed by atoms with Crippen molar-refractivity contribution in [2.45, 2.75) is 19.3 Å². The highest BCUT2D eigenvalue weighted by Crippen LogP contribution is 2.35. The number of carboxylic acids is 1. The van der Waals surface area contributed by atoms with E-state index in [0.29, 0.717) is 37.5 Å². The van der Waals surface area contributed by atoms with Crippen molar-refractivity contribution >= 4 is 17.6 Å². The summed E-state index contributed by atoms with van der Waals surface area (Å²) in [6.45, 7) is 1.17. The van der Waals surface area contributed by atoms with Gasteiger partial charge in [0.05, 0.1) is 18.4 Å². The van der Waals surface area contributed by atoms with Gasteiger partial charge in [-0.25, -0.2) is 0 Å². The van der Waals surface area contributed by atoms with Gasteiger partial charge in [-0.05, 0) is 25.0 Å². The zero-order valence-electron chi connectivity index (χ0n) is 12.6.